The number of nitrogens with one attached hydrogen (secondary N) is 1. The summed E-state index contributed by atoms with van der Waals surface area (Å²) >= 11 is 0. The van der Waals surface area contributed by atoms with Crippen molar-refractivity contribution in [3.8, 4) is 11.5 Å². The van der Waals surface area contributed by atoms with Crippen molar-refractivity contribution in [1.29, 1.82) is 0 Å². The Kier molecular flexibility index (Phi) is 4.93. The molecule has 3 heterocycles. The second-order valence-corrected chi connectivity index (χ2v) is 7.21. The average molecular weight is 385 g/mol. The quantitative estimate of drug-likeness (QED) is 0.709. The zero-order valence-corrected chi connectivity index (χ0v) is 15.7. The number of anilines is 2. The van der Waals surface area contributed by atoms with Gasteiger partial charge in [-0.25, -0.2) is 13.8 Å². The van der Waals surface area contributed by atoms with Crippen LogP contribution in [0.5, 0.6) is 0 Å². The molecule has 146 valence electrons. The molecule has 0 amide bonds. The van der Waals surface area contributed by atoms with E-state index in [-0.39, 0.29) is 12.0 Å². The number of benzene rings is 1. The predicted molar refractivity (Wildman–Crippen MR) is 102 cm³/mol. The number of nitrogens with zero attached hydrogens (tertiary/aromatic N) is 4. The molecular weight excluding hydrogens is 364 g/mol. The van der Waals surface area contributed by atoms with Crippen LogP contribution in [0.15, 0.2) is 41.1 Å². The van der Waals surface area contributed by atoms with Gasteiger partial charge in [-0.15, -0.1) is 0 Å². The van der Waals surface area contributed by atoms with Crippen molar-refractivity contribution >= 4 is 11.5 Å². The van der Waals surface area contributed by atoms with Crippen molar-refractivity contribution < 1.29 is 13.3 Å². The zero-order chi connectivity index (χ0) is 19.7. The third-order valence-electron chi connectivity index (χ3n) is 4.76. The number of hydrogen-bond donors (Lipinski definition) is 1. The molecule has 0 bridgehead atoms. The predicted octanol–water partition coefficient (Wildman–Crippen LogP) is 4.22. The van der Waals surface area contributed by atoms with Crippen LogP contribution in [0.1, 0.15) is 32.0 Å². The lowest BCUT2D eigenvalue weighted by Crippen LogP contribution is -2.26. The van der Waals surface area contributed by atoms with Crippen molar-refractivity contribution in [1.82, 2.24) is 15.1 Å². The van der Waals surface area contributed by atoms with Crippen LogP contribution in [-0.4, -0.2) is 34.3 Å². The number of aromatic nitrogens is 3. The summed E-state index contributed by atoms with van der Waals surface area (Å²) in [6.45, 7) is 5.29. The van der Waals surface area contributed by atoms with Crippen LogP contribution in [-0.2, 0) is 0 Å². The van der Waals surface area contributed by atoms with Crippen LogP contribution < -0.4 is 10.2 Å². The van der Waals surface area contributed by atoms with Crippen molar-refractivity contribution in [3.05, 3.63) is 54.0 Å². The van der Waals surface area contributed by atoms with Crippen LogP contribution in [0, 0.1) is 11.6 Å². The van der Waals surface area contributed by atoms with Gasteiger partial charge in [0.05, 0.1) is 5.69 Å². The van der Waals surface area contributed by atoms with E-state index in [9.17, 15) is 8.78 Å². The molecule has 8 heteroatoms. The first kappa shape index (κ1) is 18.3. The van der Waals surface area contributed by atoms with Gasteiger partial charge < -0.3 is 14.7 Å². The largest absolute Gasteiger partial charge is 0.367 e. The number of hydrogen-bond acceptors (Lipinski definition) is 6. The van der Waals surface area contributed by atoms with E-state index in [0.29, 0.717) is 36.3 Å². The second-order valence-electron chi connectivity index (χ2n) is 7.21. The lowest BCUT2D eigenvalue weighted by atomic mass is 10.2. The highest BCUT2D eigenvalue weighted by Gasteiger charge is 2.25. The molecule has 1 aliphatic rings. The average Bonchev–Trinajstić information content (AvgIpc) is 3.32. The van der Waals surface area contributed by atoms with Gasteiger partial charge in [0.2, 0.25) is 0 Å². The molecular formula is C20H21F2N5O. The molecule has 3 aromatic rings. The van der Waals surface area contributed by atoms with E-state index in [4.69, 9.17) is 4.52 Å². The Bertz CT molecular complexity index is 975. The van der Waals surface area contributed by atoms with E-state index in [1.807, 2.05) is 30.9 Å². The summed E-state index contributed by atoms with van der Waals surface area (Å²) in [5.41, 5.74) is 1.20. The summed E-state index contributed by atoms with van der Waals surface area (Å²) in [5.74, 6) is 0.877. The fourth-order valence-corrected chi connectivity index (χ4v) is 3.27. The first-order valence-corrected chi connectivity index (χ1v) is 9.26. The maximum Gasteiger partial charge on any atom is 0.258 e. The van der Waals surface area contributed by atoms with Crippen LogP contribution in [0.2, 0.25) is 0 Å². The standard InChI is InChI=1S/C20H21F2N5O/c1-12(2)19-25-20(28-26-19)13-5-7-23-18(9-13)24-15-6-8-27(11-15)17-4-3-14(21)10-16(17)22/h3-5,7,9-10,12,15H,6,8,11H2,1-2H3,(H,23,24). The first-order chi connectivity index (χ1) is 13.5. The van der Waals surface area contributed by atoms with E-state index < -0.39 is 11.6 Å². The third-order valence-corrected chi connectivity index (χ3v) is 4.76. The van der Waals surface area contributed by atoms with Gasteiger partial charge in [-0.05, 0) is 30.7 Å². The van der Waals surface area contributed by atoms with Gasteiger partial charge in [-0.3, -0.25) is 0 Å². The molecule has 0 spiro atoms. The van der Waals surface area contributed by atoms with Gasteiger partial charge in [0.25, 0.3) is 5.89 Å². The lowest BCUT2D eigenvalue weighted by Gasteiger charge is -2.20. The first-order valence-electron chi connectivity index (χ1n) is 9.26. The minimum Gasteiger partial charge on any atom is -0.367 e. The summed E-state index contributed by atoms with van der Waals surface area (Å²) in [7, 11) is 0. The highest BCUT2D eigenvalue weighted by atomic mass is 19.1. The summed E-state index contributed by atoms with van der Waals surface area (Å²) in [6.07, 6.45) is 2.50. The fraction of sp³-hybridized carbons (Fsp3) is 0.350. The fourth-order valence-electron chi connectivity index (χ4n) is 3.27. The molecule has 1 atom stereocenters. The van der Waals surface area contributed by atoms with Gasteiger partial charge in [0, 0.05) is 42.9 Å². The van der Waals surface area contributed by atoms with E-state index >= 15 is 0 Å². The maximum absolute atomic E-state index is 14.0. The Hall–Kier alpha value is -3.03. The van der Waals surface area contributed by atoms with Crippen LogP contribution in [0.4, 0.5) is 20.3 Å². The van der Waals surface area contributed by atoms with Crippen LogP contribution >= 0.6 is 0 Å². The molecule has 0 radical (unpaired) electrons. The number of rotatable bonds is 5. The Labute approximate surface area is 161 Å². The monoisotopic (exact) mass is 385 g/mol. The second kappa shape index (κ2) is 7.53. The van der Waals surface area contributed by atoms with E-state index in [2.05, 4.69) is 20.4 Å². The van der Waals surface area contributed by atoms with Crippen LogP contribution in [0.25, 0.3) is 11.5 Å². The minimum absolute atomic E-state index is 0.0983. The summed E-state index contributed by atoms with van der Waals surface area (Å²) < 4.78 is 32.5. The van der Waals surface area contributed by atoms with Crippen molar-refractivity contribution in [2.24, 2.45) is 0 Å². The Balaban J connectivity index is 1.45. The van der Waals surface area contributed by atoms with Gasteiger partial charge in [0.1, 0.15) is 17.5 Å². The molecule has 0 saturated carbocycles. The number of halogens is 2. The summed E-state index contributed by atoms with van der Waals surface area (Å²) in [6, 6.07) is 7.45. The summed E-state index contributed by atoms with van der Waals surface area (Å²) in [4.78, 5) is 10.7. The molecule has 2 aromatic heterocycles. The SMILES string of the molecule is CC(C)c1noc(-c2ccnc(NC3CCN(c4ccc(F)cc4F)C3)c2)n1. The van der Waals surface area contributed by atoms with Gasteiger partial charge in [0.15, 0.2) is 5.82 Å². The molecule has 1 saturated heterocycles. The van der Waals surface area contributed by atoms with Crippen molar-refractivity contribution in [2.75, 3.05) is 23.3 Å². The number of pyridine rings is 1. The van der Waals surface area contributed by atoms with E-state index in [1.54, 1.807) is 6.20 Å². The molecule has 0 aliphatic carbocycles. The normalized spacial score (nSPS) is 16.8. The molecule has 1 aliphatic heterocycles. The summed E-state index contributed by atoms with van der Waals surface area (Å²) in [5, 5.41) is 7.36. The minimum atomic E-state index is -0.571. The molecule has 6 nitrogen and oxygen atoms in total. The molecule has 1 aromatic carbocycles. The van der Waals surface area contributed by atoms with Crippen LogP contribution in [0.3, 0.4) is 0 Å². The van der Waals surface area contributed by atoms with E-state index in [1.165, 1.54) is 12.1 Å². The van der Waals surface area contributed by atoms with Gasteiger partial charge in [-0.2, -0.15) is 4.98 Å². The molecule has 28 heavy (non-hydrogen) atoms. The maximum atomic E-state index is 14.0. The Morgan fingerprint density at radius 3 is 2.82 bits per heavy atom. The molecule has 4 rings (SSSR count). The van der Waals surface area contributed by atoms with Crippen molar-refractivity contribution in [2.45, 2.75) is 32.2 Å². The molecule has 1 N–H and O–H groups in total. The van der Waals surface area contributed by atoms with Gasteiger partial charge >= 0.3 is 0 Å². The topological polar surface area (TPSA) is 67.1 Å². The highest BCUT2D eigenvalue weighted by Crippen LogP contribution is 2.26. The smallest absolute Gasteiger partial charge is 0.258 e. The Morgan fingerprint density at radius 2 is 2.07 bits per heavy atom. The van der Waals surface area contributed by atoms with E-state index in [0.717, 1.165) is 18.1 Å². The van der Waals surface area contributed by atoms with Crippen molar-refractivity contribution in [3.63, 3.8) is 0 Å². The molecule has 1 fully saturated rings. The zero-order valence-electron chi connectivity index (χ0n) is 15.7. The van der Waals surface area contributed by atoms with Gasteiger partial charge in [-0.1, -0.05) is 19.0 Å². The Morgan fingerprint density at radius 1 is 1.21 bits per heavy atom. The highest BCUT2D eigenvalue weighted by molar-refractivity contribution is 5.58. The third kappa shape index (κ3) is 3.81. The lowest BCUT2D eigenvalue weighted by molar-refractivity contribution is 0.419. The molecule has 1 unspecified atom stereocenters.